The van der Waals surface area contributed by atoms with Crippen LogP contribution in [0.5, 0.6) is 0 Å². The first-order valence-electron chi connectivity index (χ1n) is 13.3. The lowest BCUT2D eigenvalue weighted by molar-refractivity contribution is -0.140. The molecule has 3 aromatic carbocycles. The molecule has 0 unspecified atom stereocenters. The lowest BCUT2D eigenvalue weighted by Crippen LogP contribution is -2.55. The zero-order valence-electron chi connectivity index (χ0n) is 24.2. The predicted octanol–water partition coefficient (Wildman–Crippen LogP) is 4.08. The lowest BCUT2D eigenvalue weighted by atomic mass is 10.0. The van der Waals surface area contributed by atoms with Crippen molar-refractivity contribution in [1.82, 2.24) is 14.5 Å². The molecule has 0 heterocycles. The third-order valence-electron chi connectivity index (χ3n) is 6.55. The Morgan fingerprint density at radius 3 is 1.98 bits per heavy atom. The Morgan fingerprint density at radius 1 is 0.850 bits per heavy atom. The molecule has 0 aliphatic rings. The minimum atomic E-state index is -4.04. The van der Waals surface area contributed by atoms with Crippen molar-refractivity contribution < 1.29 is 18.0 Å². The smallest absolute Gasteiger partial charge is 0.304 e. The minimum absolute atomic E-state index is 0.139. The zero-order valence-corrected chi connectivity index (χ0v) is 25.0. The van der Waals surface area contributed by atoms with Crippen molar-refractivity contribution in [3.05, 3.63) is 101 Å². The Bertz CT molecular complexity index is 1390. The van der Waals surface area contributed by atoms with Crippen molar-refractivity contribution in [2.24, 2.45) is 0 Å². The summed E-state index contributed by atoms with van der Waals surface area (Å²) in [6.45, 7) is 7.11. The van der Waals surface area contributed by atoms with Crippen molar-refractivity contribution >= 4 is 27.7 Å². The van der Waals surface area contributed by atoms with E-state index in [0.717, 1.165) is 30.9 Å². The number of nitrogens with zero attached hydrogens (tertiary/aromatic N) is 3. The van der Waals surface area contributed by atoms with E-state index >= 15 is 0 Å². The molecule has 214 valence electrons. The van der Waals surface area contributed by atoms with E-state index in [9.17, 15) is 18.0 Å². The average molecular weight is 565 g/mol. The van der Waals surface area contributed by atoms with Crippen molar-refractivity contribution in [3.8, 4) is 0 Å². The Balaban J connectivity index is 2.11. The molecule has 0 aliphatic heterocycles. The van der Waals surface area contributed by atoms with Gasteiger partial charge in [-0.2, -0.15) is 12.7 Å². The molecule has 0 radical (unpaired) electrons. The molecule has 1 atom stereocenters. The van der Waals surface area contributed by atoms with Crippen LogP contribution in [-0.4, -0.2) is 62.2 Å². The molecular formula is C31H40N4O4S. The largest absolute Gasteiger partial charge is 0.352 e. The number of hydrogen-bond donors (Lipinski definition) is 1. The number of hydrogen-bond acceptors (Lipinski definition) is 4. The Morgan fingerprint density at radius 2 is 1.43 bits per heavy atom. The van der Waals surface area contributed by atoms with Gasteiger partial charge in [0.1, 0.15) is 12.6 Å². The summed E-state index contributed by atoms with van der Waals surface area (Å²) in [7, 11) is -1.16. The third kappa shape index (κ3) is 7.92. The Kier molecular flexibility index (Phi) is 10.5. The van der Waals surface area contributed by atoms with E-state index in [-0.39, 0.29) is 24.9 Å². The van der Waals surface area contributed by atoms with Crippen LogP contribution >= 0.6 is 0 Å². The van der Waals surface area contributed by atoms with Crippen LogP contribution in [0.25, 0.3) is 0 Å². The number of rotatable bonds is 12. The second-order valence-electron chi connectivity index (χ2n) is 10.5. The molecule has 8 nitrogen and oxygen atoms in total. The normalized spacial score (nSPS) is 12.3. The van der Waals surface area contributed by atoms with Crippen LogP contribution in [0.1, 0.15) is 36.1 Å². The summed E-state index contributed by atoms with van der Waals surface area (Å²) < 4.78 is 29.3. The van der Waals surface area contributed by atoms with Crippen molar-refractivity contribution in [3.63, 3.8) is 0 Å². The van der Waals surface area contributed by atoms with Gasteiger partial charge in [-0.3, -0.25) is 9.59 Å². The highest BCUT2D eigenvalue weighted by molar-refractivity contribution is 7.90. The maximum Gasteiger partial charge on any atom is 0.304 e. The van der Waals surface area contributed by atoms with E-state index in [1.54, 1.807) is 6.07 Å². The summed E-state index contributed by atoms with van der Waals surface area (Å²) in [5, 5.41) is 2.96. The van der Waals surface area contributed by atoms with Gasteiger partial charge < -0.3 is 10.2 Å². The van der Waals surface area contributed by atoms with Gasteiger partial charge in [-0.1, -0.05) is 72.8 Å². The number of nitrogens with one attached hydrogen (secondary N) is 1. The number of anilines is 1. The second kappa shape index (κ2) is 13.6. The molecule has 0 spiro atoms. The minimum Gasteiger partial charge on any atom is -0.352 e. The van der Waals surface area contributed by atoms with Gasteiger partial charge in [-0.05, 0) is 56.0 Å². The highest BCUT2D eigenvalue weighted by atomic mass is 32.2. The summed E-state index contributed by atoms with van der Waals surface area (Å²) in [5.74, 6) is -0.771. The number of benzene rings is 3. The molecule has 3 rings (SSSR count). The van der Waals surface area contributed by atoms with Crippen molar-refractivity contribution in [2.75, 3.05) is 24.9 Å². The Labute approximate surface area is 238 Å². The third-order valence-corrected chi connectivity index (χ3v) is 8.36. The van der Waals surface area contributed by atoms with E-state index in [1.165, 1.54) is 19.0 Å². The fourth-order valence-corrected chi connectivity index (χ4v) is 5.52. The molecule has 40 heavy (non-hydrogen) atoms. The van der Waals surface area contributed by atoms with Gasteiger partial charge in [-0.15, -0.1) is 0 Å². The van der Waals surface area contributed by atoms with Crippen LogP contribution in [0.4, 0.5) is 5.69 Å². The molecule has 0 saturated heterocycles. The molecule has 3 aromatic rings. The summed E-state index contributed by atoms with van der Waals surface area (Å²) in [4.78, 5) is 29.4. The van der Waals surface area contributed by atoms with Crippen LogP contribution in [0.3, 0.4) is 0 Å². The summed E-state index contributed by atoms with van der Waals surface area (Å²) in [6.07, 6.45) is 0.280. The first-order valence-corrected chi connectivity index (χ1v) is 14.7. The van der Waals surface area contributed by atoms with E-state index in [2.05, 4.69) is 5.32 Å². The molecule has 0 aliphatic carbocycles. The fraction of sp³-hybridized carbons (Fsp3) is 0.355. The van der Waals surface area contributed by atoms with Gasteiger partial charge in [0.2, 0.25) is 11.8 Å². The van der Waals surface area contributed by atoms with Gasteiger partial charge in [0.15, 0.2) is 0 Å². The number of aryl methyl sites for hydroxylation is 2. The van der Waals surface area contributed by atoms with Gasteiger partial charge >= 0.3 is 10.2 Å². The number of carbonyl (C=O) groups excluding carboxylic acids is 2. The number of carbonyl (C=O) groups is 2. The van der Waals surface area contributed by atoms with Crippen LogP contribution in [0.15, 0.2) is 78.9 Å². The molecule has 0 bridgehead atoms. The van der Waals surface area contributed by atoms with Crippen LogP contribution < -0.4 is 9.62 Å². The van der Waals surface area contributed by atoms with Gasteiger partial charge in [0.05, 0.1) is 5.69 Å². The number of amides is 2. The topological polar surface area (TPSA) is 90.0 Å². The van der Waals surface area contributed by atoms with Crippen LogP contribution in [-0.2, 0) is 32.8 Å². The molecule has 2 amide bonds. The van der Waals surface area contributed by atoms with E-state index in [4.69, 9.17) is 0 Å². The van der Waals surface area contributed by atoms with Crippen LogP contribution in [0, 0.1) is 13.8 Å². The highest BCUT2D eigenvalue weighted by Gasteiger charge is 2.35. The van der Waals surface area contributed by atoms with Crippen molar-refractivity contribution in [1.29, 1.82) is 0 Å². The maximum atomic E-state index is 14.2. The lowest BCUT2D eigenvalue weighted by Gasteiger charge is -2.35. The molecule has 1 N–H and O–H groups in total. The van der Waals surface area contributed by atoms with Gasteiger partial charge in [0, 0.05) is 33.1 Å². The monoisotopic (exact) mass is 564 g/mol. The van der Waals surface area contributed by atoms with Crippen molar-refractivity contribution in [2.45, 2.75) is 52.7 Å². The summed E-state index contributed by atoms with van der Waals surface area (Å²) in [6, 6.07) is 23.4. The molecule has 0 aromatic heterocycles. The summed E-state index contributed by atoms with van der Waals surface area (Å²) in [5.41, 5.74) is 3.74. The first-order chi connectivity index (χ1) is 18.9. The van der Waals surface area contributed by atoms with Gasteiger partial charge in [-0.25, -0.2) is 4.31 Å². The summed E-state index contributed by atoms with van der Waals surface area (Å²) >= 11 is 0. The first kappa shape index (κ1) is 30.8. The Hall–Kier alpha value is -3.69. The predicted molar refractivity (Wildman–Crippen MR) is 160 cm³/mol. The SMILES string of the molecule is Cc1ccc(C)c(N(CC(=O)N(Cc2ccccc2)[C@@H](Cc2ccccc2)C(=O)NC(C)C)S(=O)(=O)N(C)C)c1. The maximum absolute atomic E-state index is 14.2. The zero-order chi connectivity index (χ0) is 29.4. The highest BCUT2D eigenvalue weighted by Crippen LogP contribution is 2.26. The quantitative estimate of drug-likeness (QED) is 0.359. The van der Waals surface area contributed by atoms with E-state index in [1.807, 2.05) is 100 Å². The van der Waals surface area contributed by atoms with Crippen LogP contribution in [0.2, 0.25) is 0 Å². The molecule has 9 heteroatoms. The molecule has 0 saturated carbocycles. The standard InChI is InChI=1S/C31H40N4O4S/c1-23(2)32-31(37)29(20-26-13-9-7-10-14-26)34(21-27-15-11-8-12-16-27)30(36)22-35(40(38,39)33(5)6)28-19-24(3)17-18-25(28)4/h7-19,23,29H,20-22H2,1-6H3,(H,32,37)/t29-/m0/s1. The van der Waals surface area contributed by atoms with Gasteiger partial charge in [0.25, 0.3) is 0 Å². The fourth-order valence-electron chi connectivity index (χ4n) is 4.40. The second-order valence-corrected chi connectivity index (χ2v) is 12.5. The molecule has 0 fully saturated rings. The molecular weight excluding hydrogens is 524 g/mol. The average Bonchev–Trinajstić information content (AvgIpc) is 2.91. The van der Waals surface area contributed by atoms with E-state index in [0.29, 0.717) is 5.69 Å². The van der Waals surface area contributed by atoms with E-state index < -0.39 is 28.7 Å².